The fourth-order valence-electron chi connectivity index (χ4n) is 5.28. The van der Waals surface area contributed by atoms with Crippen LogP contribution in [0.25, 0.3) is 0 Å². The van der Waals surface area contributed by atoms with Crippen molar-refractivity contribution in [2.45, 2.75) is 139 Å². The first-order chi connectivity index (χ1) is 19.6. The van der Waals surface area contributed by atoms with Crippen LogP contribution in [0.4, 0.5) is 0 Å². The van der Waals surface area contributed by atoms with Crippen LogP contribution < -0.4 is 4.74 Å². The van der Waals surface area contributed by atoms with Crippen molar-refractivity contribution < 1.29 is 30.7 Å². The summed E-state index contributed by atoms with van der Waals surface area (Å²) in [6.07, 6.45) is 18.4. The molecule has 41 heavy (non-hydrogen) atoms. The monoisotopic (exact) mass is 610 g/mol. The van der Waals surface area contributed by atoms with E-state index < -0.39 is 20.2 Å². The molecule has 2 aromatic rings. The van der Waals surface area contributed by atoms with Gasteiger partial charge in [0.2, 0.25) is 0 Å². The minimum absolute atomic E-state index is 0.168. The smallest absolute Gasteiger partial charge is 0.298 e. The summed E-state index contributed by atoms with van der Waals surface area (Å²) >= 11 is 0. The van der Waals surface area contributed by atoms with E-state index in [0.717, 1.165) is 51.4 Å². The van der Waals surface area contributed by atoms with Crippen molar-refractivity contribution in [3.05, 3.63) is 47.5 Å². The van der Waals surface area contributed by atoms with Crippen LogP contribution in [0.15, 0.2) is 46.2 Å². The molecule has 7 nitrogen and oxygen atoms in total. The molecule has 0 saturated carbocycles. The van der Waals surface area contributed by atoms with Gasteiger partial charge in [-0.05, 0) is 48.9 Å². The predicted octanol–water partition coefficient (Wildman–Crippen LogP) is 9.34. The zero-order valence-electron chi connectivity index (χ0n) is 24.9. The molecule has 0 amide bonds. The van der Waals surface area contributed by atoms with Gasteiger partial charge in [-0.2, -0.15) is 16.8 Å². The Labute approximate surface area is 248 Å². The Hall–Kier alpha value is -1.94. The van der Waals surface area contributed by atoms with E-state index in [1.54, 1.807) is 24.3 Å². The molecule has 0 aliphatic carbocycles. The minimum atomic E-state index is -4.67. The van der Waals surface area contributed by atoms with Crippen molar-refractivity contribution in [2.75, 3.05) is 0 Å². The summed E-state index contributed by atoms with van der Waals surface area (Å²) in [7, 11) is -9.33. The quantitative estimate of drug-likeness (QED) is 0.101. The zero-order valence-corrected chi connectivity index (χ0v) is 26.6. The van der Waals surface area contributed by atoms with Gasteiger partial charge in [-0.1, -0.05) is 128 Å². The molecule has 2 rings (SSSR count). The molecule has 2 aromatic carbocycles. The highest BCUT2D eigenvalue weighted by atomic mass is 32.2. The summed E-state index contributed by atoms with van der Waals surface area (Å²) in [5.41, 5.74) is 0.832. The summed E-state index contributed by atoms with van der Waals surface area (Å²) in [6.45, 7) is 4.37. The molecule has 0 aliphatic heterocycles. The summed E-state index contributed by atoms with van der Waals surface area (Å²) in [5.74, 6) is -0.336. The van der Waals surface area contributed by atoms with Crippen molar-refractivity contribution in [2.24, 2.45) is 0 Å². The summed E-state index contributed by atoms with van der Waals surface area (Å²) in [5, 5.41) is 0. The van der Waals surface area contributed by atoms with Crippen molar-refractivity contribution >= 4 is 20.2 Å². The lowest BCUT2D eigenvalue weighted by Gasteiger charge is -2.17. The zero-order chi connectivity index (χ0) is 30.1. The fourth-order valence-corrected chi connectivity index (χ4v) is 7.01. The maximum Gasteiger partial charge on any atom is 0.298 e. The van der Waals surface area contributed by atoms with E-state index in [1.807, 2.05) is 0 Å². The lowest BCUT2D eigenvalue weighted by atomic mass is 10.0. The SMILES string of the molecule is CCCCCCCCCCc1cccc(Oc2cccc(CCCCCCCCCC)c2S(=O)(=O)O)c1S(=O)(=O)O. The Kier molecular flexibility index (Phi) is 16.0. The molecule has 0 fully saturated rings. The first kappa shape index (κ1) is 35.3. The standard InChI is InChI=1S/C32H50O7S2/c1-3-5-7-9-11-13-15-17-21-27-23-19-25-29(31(27)40(33,34)35)39-30-26-20-24-28(32(30)41(36,37)38)22-18-16-14-12-10-8-6-4-2/h19-20,23-26H,3-18,21-22H2,1-2H3,(H,33,34,35)(H,36,37,38). The van der Waals surface area contributed by atoms with E-state index >= 15 is 0 Å². The first-order valence-corrected chi connectivity index (χ1v) is 18.3. The van der Waals surface area contributed by atoms with Crippen molar-refractivity contribution in [1.82, 2.24) is 0 Å². The Morgan fingerprint density at radius 1 is 0.512 bits per heavy atom. The average Bonchev–Trinajstić information content (AvgIpc) is 2.90. The van der Waals surface area contributed by atoms with E-state index in [1.165, 1.54) is 63.5 Å². The van der Waals surface area contributed by atoms with Gasteiger partial charge in [0.1, 0.15) is 21.3 Å². The third-order valence-electron chi connectivity index (χ3n) is 7.46. The molecular weight excluding hydrogens is 560 g/mol. The number of rotatable bonds is 22. The average molecular weight is 611 g/mol. The van der Waals surface area contributed by atoms with Gasteiger partial charge in [-0.25, -0.2) is 0 Å². The van der Waals surface area contributed by atoms with Crippen molar-refractivity contribution in [3.8, 4) is 11.5 Å². The largest absolute Gasteiger partial charge is 0.454 e. The molecular formula is C32H50O7S2. The second kappa shape index (κ2) is 18.6. The first-order valence-electron chi connectivity index (χ1n) is 15.5. The Balaban J connectivity index is 2.17. The minimum Gasteiger partial charge on any atom is -0.454 e. The van der Waals surface area contributed by atoms with E-state index in [9.17, 15) is 25.9 Å². The molecule has 9 heteroatoms. The Bertz CT molecular complexity index is 1160. The maximum absolute atomic E-state index is 12.4. The second-order valence-corrected chi connectivity index (χ2v) is 13.7. The highest BCUT2D eigenvalue weighted by Gasteiger charge is 2.26. The molecule has 0 aliphatic rings. The van der Waals surface area contributed by atoms with Gasteiger partial charge in [0.25, 0.3) is 20.2 Å². The normalized spacial score (nSPS) is 12.1. The van der Waals surface area contributed by atoms with Crippen LogP contribution in [0, 0.1) is 0 Å². The molecule has 0 aromatic heterocycles. The van der Waals surface area contributed by atoms with Gasteiger partial charge in [-0.15, -0.1) is 0 Å². The number of ether oxygens (including phenoxy) is 1. The third-order valence-corrected chi connectivity index (χ3v) is 9.41. The predicted molar refractivity (Wildman–Crippen MR) is 165 cm³/mol. The van der Waals surface area contributed by atoms with Crippen LogP contribution >= 0.6 is 0 Å². The lowest BCUT2D eigenvalue weighted by Crippen LogP contribution is -2.09. The molecule has 0 heterocycles. The van der Waals surface area contributed by atoms with Gasteiger partial charge in [0.05, 0.1) is 0 Å². The van der Waals surface area contributed by atoms with Gasteiger partial charge in [0.15, 0.2) is 0 Å². The molecule has 0 radical (unpaired) electrons. The summed E-state index contributed by atoms with van der Waals surface area (Å²) in [6, 6.07) is 9.31. The van der Waals surface area contributed by atoms with Crippen LogP contribution in [-0.2, 0) is 33.1 Å². The molecule has 0 bridgehead atoms. The number of hydrogen-bond donors (Lipinski definition) is 2. The second-order valence-electron chi connectivity index (χ2n) is 11.0. The molecule has 0 spiro atoms. The van der Waals surface area contributed by atoms with Crippen LogP contribution in [0.3, 0.4) is 0 Å². The number of hydrogen-bond acceptors (Lipinski definition) is 5. The molecule has 2 N–H and O–H groups in total. The number of unbranched alkanes of at least 4 members (excludes halogenated alkanes) is 14. The van der Waals surface area contributed by atoms with Crippen LogP contribution in [0.5, 0.6) is 11.5 Å². The van der Waals surface area contributed by atoms with E-state index in [4.69, 9.17) is 4.74 Å². The van der Waals surface area contributed by atoms with Gasteiger partial charge in [0, 0.05) is 0 Å². The topological polar surface area (TPSA) is 118 Å². The Morgan fingerprint density at radius 3 is 1.15 bits per heavy atom. The number of aryl methyl sites for hydroxylation is 2. The van der Waals surface area contributed by atoms with Crippen molar-refractivity contribution in [1.29, 1.82) is 0 Å². The van der Waals surface area contributed by atoms with Gasteiger partial charge < -0.3 is 4.74 Å². The van der Waals surface area contributed by atoms with Crippen LogP contribution in [-0.4, -0.2) is 25.9 Å². The van der Waals surface area contributed by atoms with Crippen LogP contribution in [0.2, 0.25) is 0 Å². The van der Waals surface area contributed by atoms with Crippen LogP contribution in [0.1, 0.15) is 128 Å². The molecule has 0 unspecified atom stereocenters. The molecule has 232 valence electrons. The van der Waals surface area contributed by atoms with Gasteiger partial charge >= 0.3 is 0 Å². The maximum atomic E-state index is 12.4. The fraction of sp³-hybridized carbons (Fsp3) is 0.625. The van der Waals surface area contributed by atoms with E-state index in [0.29, 0.717) is 24.0 Å². The summed E-state index contributed by atoms with van der Waals surface area (Å²) < 4.78 is 75.8. The lowest BCUT2D eigenvalue weighted by molar-refractivity contribution is 0.430. The van der Waals surface area contributed by atoms with E-state index in [-0.39, 0.29) is 21.3 Å². The Morgan fingerprint density at radius 2 is 0.829 bits per heavy atom. The highest BCUT2D eigenvalue weighted by molar-refractivity contribution is 7.86. The number of benzene rings is 2. The van der Waals surface area contributed by atoms with Crippen molar-refractivity contribution in [3.63, 3.8) is 0 Å². The molecule has 0 atom stereocenters. The third kappa shape index (κ3) is 12.8. The van der Waals surface area contributed by atoms with E-state index in [2.05, 4.69) is 13.8 Å². The highest BCUT2D eigenvalue weighted by Crippen LogP contribution is 2.37. The summed E-state index contributed by atoms with van der Waals surface area (Å²) in [4.78, 5) is -0.726. The van der Waals surface area contributed by atoms with Gasteiger partial charge in [-0.3, -0.25) is 9.11 Å². The molecule has 0 saturated heterocycles.